The molecule has 0 saturated carbocycles. The second kappa shape index (κ2) is 22.4. The summed E-state index contributed by atoms with van der Waals surface area (Å²) in [5, 5.41) is 17.8. The third kappa shape index (κ3) is 4520. The molecule has 0 aromatic heterocycles. The first-order chi connectivity index (χ1) is 3.46. The van der Waals surface area contributed by atoms with Crippen molar-refractivity contribution < 1.29 is 70.8 Å². The smallest absolute Gasteiger partial charge is 1.00 e. The predicted molar refractivity (Wildman–Crippen MR) is 21.4 cm³/mol. The number of hydrogen-bond acceptors (Lipinski definition) is 4. The maximum absolute atomic E-state index is 8.89. The Labute approximate surface area is 96.3 Å². The van der Waals surface area contributed by atoms with Gasteiger partial charge in [-0.3, -0.25) is 0 Å². The summed E-state index contributed by atoms with van der Waals surface area (Å²) in [6.07, 6.45) is 0. The van der Waals surface area contributed by atoms with Gasteiger partial charge in [-0.15, -0.1) is 0 Å². The summed E-state index contributed by atoms with van der Waals surface area (Å²) >= 11 is 0. The van der Waals surface area contributed by atoms with E-state index in [-0.39, 0.29) is 51.0 Å². The molecule has 0 heterocycles. The van der Waals surface area contributed by atoms with Crippen LogP contribution in [-0.2, 0) is 35.8 Å². The van der Waals surface area contributed by atoms with E-state index in [9.17, 15) is 0 Å². The van der Waals surface area contributed by atoms with Crippen molar-refractivity contribution in [3.63, 3.8) is 0 Å². The quantitative estimate of drug-likeness (QED) is 0.441. The molecule has 0 radical (unpaired) electrons. The average Bonchev–Trinajstić information content (AvgIpc) is 1.25. The Morgan fingerprint density at radius 2 is 0.909 bits per heavy atom. The molecule has 0 fully saturated rings. The summed E-state index contributed by atoms with van der Waals surface area (Å²) in [5.41, 5.74) is 0. The first-order valence-electron chi connectivity index (χ1n) is 1.82. The molecule has 0 aromatic carbocycles. The van der Waals surface area contributed by atoms with Crippen molar-refractivity contribution in [1.82, 2.24) is 0 Å². The summed E-state index contributed by atoms with van der Waals surface area (Å²) in [5.74, 6) is -2.17. The van der Waals surface area contributed by atoms with Gasteiger partial charge in [-0.1, -0.05) is 0 Å². The fourth-order valence-corrected chi connectivity index (χ4v) is 0. The number of halogens is 2. The Bertz CT molecular complexity index is 78.1. The van der Waals surface area contributed by atoms with Crippen molar-refractivity contribution in [2.45, 2.75) is 13.8 Å². The number of carbonyl (C=O) groups excluding carboxylic acids is 2. The molecule has 0 aliphatic rings. The zero-order valence-electron chi connectivity index (χ0n) is 5.89. The Kier molecular flexibility index (Phi) is 61.4. The minimum atomic E-state index is -1.08. The fourth-order valence-electron chi connectivity index (χ4n) is 0. The molecule has 0 rings (SSSR count). The second-order valence-electron chi connectivity index (χ2n) is 0.983. The van der Waals surface area contributed by atoms with Crippen LogP contribution < -0.4 is 35.0 Å². The Balaban J connectivity index is -0.0000000171. The summed E-state index contributed by atoms with van der Waals surface area (Å²) in [7, 11) is 0. The van der Waals surface area contributed by atoms with Crippen LogP contribution in [0.15, 0.2) is 0 Å². The summed E-state index contributed by atoms with van der Waals surface area (Å²) < 4.78 is 0. The van der Waals surface area contributed by atoms with Crippen LogP contribution >= 0.6 is 0 Å². The SMILES string of the molecule is CC(=O)[O-].CC(=O)[O-].[Cl-].[Cl-].[Zr+4]. The van der Waals surface area contributed by atoms with Gasteiger partial charge < -0.3 is 44.6 Å². The van der Waals surface area contributed by atoms with E-state index in [4.69, 9.17) is 19.8 Å². The van der Waals surface area contributed by atoms with Crippen LogP contribution in [0.4, 0.5) is 0 Å². The van der Waals surface area contributed by atoms with Crippen LogP contribution in [0, 0.1) is 0 Å². The van der Waals surface area contributed by atoms with Gasteiger partial charge in [-0.05, 0) is 13.8 Å². The molecule has 0 aliphatic heterocycles. The first kappa shape index (κ1) is 30.1. The number of aliphatic carboxylic acids is 2. The largest absolute Gasteiger partial charge is 4.00 e. The van der Waals surface area contributed by atoms with Gasteiger partial charge in [0.05, 0.1) is 0 Å². The van der Waals surface area contributed by atoms with Crippen molar-refractivity contribution in [2.75, 3.05) is 0 Å². The summed E-state index contributed by atoms with van der Waals surface area (Å²) in [6, 6.07) is 0. The van der Waals surface area contributed by atoms with Gasteiger partial charge >= 0.3 is 26.2 Å². The second-order valence-corrected chi connectivity index (χ2v) is 0.983. The topological polar surface area (TPSA) is 80.3 Å². The van der Waals surface area contributed by atoms with Crippen molar-refractivity contribution in [3.8, 4) is 0 Å². The van der Waals surface area contributed by atoms with E-state index >= 15 is 0 Å². The number of hydrogen-bond donors (Lipinski definition) is 0. The molecule has 0 aliphatic carbocycles. The Morgan fingerprint density at radius 1 is 0.909 bits per heavy atom. The van der Waals surface area contributed by atoms with Crippen LogP contribution in [-0.4, -0.2) is 11.9 Å². The Morgan fingerprint density at radius 3 is 0.909 bits per heavy atom. The van der Waals surface area contributed by atoms with E-state index in [0.717, 1.165) is 13.8 Å². The molecule has 0 unspecified atom stereocenters. The van der Waals surface area contributed by atoms with Crippen molar-refractivity contribution in [1.29, 1.82) is 0 Å². The van der Waals surface area contributed by atoms with E-state index in [1.165, 1.54) is 0 Å². The molecular weight excluding hydrogens is 274 g/mol. The molecule has 0 amide bonds. The van der Waals surface area contributed by atoms with Gasteiger partial charge in [0, 0.05) is 11.9 Å². The molecule has 0 saturated heterocycles. The van der Waals surface area contributed by atoms with Gasteiger partial charge in [-0.25, -0.2) is 0 Å². The summed E-state index contributed by atoms with van der Waals surface area (Å²) in [4.78, 5) is 17.8. The maximum Gasteiger partial charge on any atom is 4.00 e. The molecule has 0 bridgehead atoms. The molecule has 11 heavy (non-hydrogen) atoms. The minimum Gasteiger partial charge on any atom is -1.00 e. The minimum absolute atomic E-state index is 0. The normalized spacial score (nSPS) is 4.55. The third-order valence-electron chi connectivity index (χ3n) is 0. The van der Waals surface area contributed by atoms with Crippen molar-refractivity contribution in [2.24, 2.45) is 0 Å². The van der Waals surface area contributed by atoms with Gasteiger partial charge in [-0.2, -0.15) is 0 Å². The van der Waals surface area contributed by atoms with Gasteiger partial charge in [0.2, 0.25) is 0 Å². The van der Waals surface area contributed by atoms with Crippen LogP contribution in [0.2, 0.25) is 0 Å². The monoisotopic (exact) mass is 278 g/mol. The van der Waals surface area contributed by atoms with Crippen molar-refractivity contribution in [3.05, 3.63) is 0 Å². The van der Waals surface area contributed by atoms with Gasteiger partial charge in [0.15, 0.2) is 0 Å². The van der Waals surface area contributed by atoms with Crippen LogP contribution in [0.1, 0.15) is 13.8 Å². The number of rotatable bonds is 0. The molecule has 0 spiro atoms. The zero-order chi connectivity index (χ0) is 7.15. The average molecular weight is 280 g/mol. The Hall–Kier alpha value is 0.403. The number of carboxylic acids is 2. The molecule has 0 aromatic rings. The molecule has 0 N–H and O–H groups in total. The maximum atomic E-state index is 8.89. The fraction of sp³-hybridized carbons (Fsp3) is 0.500. The van der Waals surface area contributed by atoms with Gasteiger partial charge in [0.1, 0.15) is 0 Å². The van der Waals surface area contributed by atoms with E-state index < -0.39 is 11.9 Å². The van der Waals surface area contributed by atoms with E-state index in [1.54, 1.807) is 0 Å². The number of carboxylic acid groups (broad SMARTS) is 2. The molecule has 64 valence electrons. The molecule has 4 nitrogen and oxygen atoms in total. The predicted octanol–water partition coefficient (Wildman–Crippen LogP) is -8.48. The van der Waals surface area contributed by atoms with Crippen LogP contribution in [0.3, 0.4) is 0 Å². The van der Waals surface area contributed by atoms with E-state index in [0.29, 0.717) is 0 Å². The number of carbonyl (C=O) groups is 2. The van der Waals surface area contributed by atoms with Crippen molar-refractivity contribution >= 4 is 11.9 Å². The third-order valence-corrected chi connectivity index (χ3v) is 0. The molecule has 0 atom stereocenters. The zero-order valence-corrected chi connectivity index (χ0v) is 9.86. The molecular formula is C4H6Cl2O4Zr. The van der Waals surface area contributed by atoms with E-state index in [1.807, 2.05) is 0 Å². The van der Waals surface area contributed by atoms with Crippen LogP contribution in [0.5, 0.6) is 0 Å². The van der Waals surface area contributed by atoms with Crippen LogP contribution in [0.25, 0.3) is 0 Å². The first-order valence-corrected chi connectivity index (χ1v) is 1.82. The standard InChI is InChI=1S/2C2H4O2.2ClH.Zr/c2*1-2(3)4;;;/h2*1H3,(H,3,4);2*1H;/q;;;;+4/p-4. The van der Waals surface area contributed by atoms with E-state index in [2.05, 4.69) is 0 Å². The van der Waals surface area contributed by atoms with Gasteiger partial charge in [0.25, 0.3) is 0 Å². The summed E-state index contributed by atoms with van der Waals surface area (Å²) in [6.45, 7) is 1.94. The molecule has 7 heteroatoms.